The summed E-state index contributed by atoms with van der Waals surface area (Å²) in [7, 11) is 0. The third-order valence-electron chi connectivity index (χ3n) is 2.01. The van der Waals surface area contributed by atoms with Gasteiger partial charge in [-0.1, -0.05) is 23.9 Å². The van der Waals surface area contributed by atoms with Gasteiger partial charge in [0, 0.05) is 15.4 Å². The number of benzene rings is 1. The van der Waals surface area contributed by atoms with Crippen molar-refractivity contribution in [3.63, 3.8) is 0 Å². The van der Waals surface area contributed by atoms with E-state index in [-0.39, 0.29) is 0 Å². The van der Waals surface area contributed by atoms with E-state index in [1.807, 2.05) is 37.3 Å². The number of aromatic nitrogens is 2. The maximum absolute atomic E-state index is 5.35. The van der Waals surface area contributed by atoms with Crippen molar-refractivity contribution in [1.29, 1.82) is 0 Å². The van der Waals surface area contributed by atoms with Crippen LogP contribution in [0.15, 0.2) is 44.7 Å². The predicted octanol–water partition coefficient (Wildman–Crippen LogP) is 2.98. The Kier molecular flexibility index (Phi) is 3.98. The van der Waals surface area contributed by atoms with Gasteiger partial charge in [-0.15, -0.1) is 0 Å². The first kappa shape index (κ1) is 12.3. The third kappa shape index (κ3) is 3.18. The molecular weight excluding hydrogens is 300 g/mol. The number of rotatable bonds is 3. The van der Waals surface area contributed by atoms with Gasteiger partial charge < -0.3 is 5.43 Å². The summed E-state index contributed by atoms with van der Waals surface area (Å²) in [5.74, 6) is 6.66. The van der Waals surface area contributed by atoms with Gasteiger partial charge in [-0.2, -0.15) is 0 Å². The van der Waals surface area contributed by atoms with Gasteiger partial charge >= 0.3 is 0 Å². The molecule has 0 bridgehead atoms. The minimum absolute atomic E-state index is 0.618. The van der Waals surface area contributed by atoms with Crippen molar-refractivity contribution >= 4 is 33.5 Å². The summed E-state index contributed by atoms with van der Waals surface area (Å²) in [6.07, 6.45) is 0. The Morgan fingerprint density at radius 1 is 1.29 bits per heavy atom. The molecule has 0 aliphatic rings. The van der Waals surface area contributed by atoms with Crippen molar-refractivity contribution in [3.8, 4) is 0 Å². The number of hydrogen-bond acceptors (Lipinski definition) is 5. The summed E-state index contributed by atoms with van der Waals surface area (Å²) in [5.41, 5.74) is 2.53. The Labute approximate surface area is 112 Å². The van der Waals surface area contributed by atoms with E-state index in [1.165, 1.54) is 0 Å². The van der Waals surface area contributed by atoms with Gasteiger partial charge in [0.1, 0.15) is 16.7 Å². The molecular formula is C11H11BrN4S. The molecule has 0 unspecified atom stereocenters. The van der Waals surface area contributed by atoms with Crippen LogP contribution in [-0.4, -0.2) is 9.97 Å². The lowest BCUT2D eigenvalue weighted by atomic mass is 10.4. The average molecular weight is 311 g/mol. The van der Waals surface area contributed by atoms with Crippen molar-refractivity contribution < 1.29 is 0 Å². The Bertz CT molecular complexity index is 533. The maximum Gasteiger partial charge on any atom is 0.144 e. The van der Waals surface area contributed by atoms with Gasteiger partial charge in [-0.25, -0.2) is 15.8 Å². The summed E-state index contributed by atoms with van der Waals surface area (Å²) >= 11 is 5.07. The van der Waals surface area contributed by atoms with E-state index < -0.39 is 0 Å². The zero-order valence-corrected chi connectivity index (χ0v) is 11.5. The normalized spacial score (nSPS) is 10.3. The van der Waals surface area contributed by atoms with Crippen LogP contribution >= 0.6 is 27.7 Å². The molecule has 0 atom stereocenters. The first-order valence-electron chi connectivity index (χ1n) is 4.94. The van der Waals surface area contributed by atoms with E-state index in [0.29, 0.717) is 11.6 Å². The maximum atomic E-state index is 5.35. The predicted molar refractivity (Wildman–Crippen MR) is 72.8 cm³/mol. The summed E-state index contributed by atoms with van der Waals surface area (Å²) < 4.78 is 1.04. The molecule has 0 radical (unpaired) electrons. The summed E-state index contributed by atoms with van der Waals surface area (Å²) in [6, 6.07) is 9.81. The fourth-order valence-corrected chi connectivity index (χ4v) is 2.72. The van der Waals surface area contributed by atoms with Crippen molar-refractivity contribution in [3.05, 3.63) is 40.6 Å². The van der Waals surface area contributed by atoms with Gasteiger partial charge in [-0.05, 0) is 35.0 Å². The van der Waals surface area contributed by atoms with E-state index in [2.05, 4.69) is 31.3 Å². The lowest BCUT2D eigenvalue weighted by Gasteiger charge is -2.06. The number of hydrogen-bond donors (Lipinski definition) is 2. The molecule has 1 aromatic heterocycles. The van der Waals surface area contributed by atoms with Crippen LogP contribution in [0, 0.1) is 6.92 Å². The Balaban J connectivity index is 2.30. The number of nitrogens with two attached hydrogens (primary N) is 1. The number of aryl methyl sites for hydroxylation is 1. The Hall–Kier alpha value is -1.11. The number of nitrogens with one attached hydrogen (secondary N) is 1. The number of hydrazine groups is 1. The van der Waals surface area contributed by atoms with Crippen LogP contribution in [0.4, 0.5) is 5.82 Å². The van der Waals surface area contributed by atoms with E-state index >= 15 is 0 Å². The molecule has 88 valence electrons. The van der Waals surface area contributed by atoms with Crippen molar-refractivity contribution in [1.82, 2.24) is 9.97 Å². The number of anilines is 1. The Morgan fingerprint density at radius 3 is 2.76 bits per heavy atom. The van der Waals surface area contributed by atoms with Crippen LogP contribution in [0.5, 0.6) is 0 Å². The van der Waals surface area contributed by atoms with Gasteiger partial charge in [0.15, 0.2) is 0 Å². The number of nitrogens with zero attached hydrogens (tertiary/aromatic N) is 2. The second-order valence-electron chi connectivity index (χ2n) is 3.32. The van der Waals surface area contributed by atoms with E-state index in [0.717, 1.165) is 14.4 Å². The highest BCUT2D eigenvalue weighted by Crippen LogP contribution is 2.32. The first-order valence-corrected chi connectivity index (χ1v) is 6.54. The fraction of sp³-hybridized carbons (Fsp3) is 0.0909. The zero-order chi connectivity index (χ0) is 12.3. The largest absolute Gasteiger partial charge is 0.308 e. The molecule has 17 heavy (non-hydrogen) atoms. The molecule has 1 heterocycles. The SMILES string of the molecule is Cc1nc(NN)cc(Sc2ccccc2Br)n1. The number of nitrogen functional groups attached to an aromatic ring is 1. The average Bonchev–Trinajstić information content (AvgIpc) is 2.31. The van der Waals surface area contributed by atoms with Crippen molar-refractivity contribution in [2.45, 2.75) is 16.8 Å². The van der Waals surface area contributed by atoms with Gasteiger partial charge in [0.05, 0.1) is 0 Å². The molecule has 0 amide bonds. The number of halogens is 1. The van der Waals surface area contributed by atoms with Gasteiger partial charge in [0.25, 0.3) is 0 Å². The molecule has 2 aromatic rings. The second-order valence-corrected chi connectivity index (χ2v) is 5.23. The van der Waals surface area contributed by atoms with Crippen molar-refractivity contribution in [2.24, 2.45) is 5.84 Å². The molecule has 2 rings (SSSR count). The van der Waals surface area contributed by atoms with Crippen LogP contribution < -0.4 is 11.3 Å². The fourth-order valence-electron chi connectivity index (χ4n) is 1.31. The minimum atomic E-state index is 0.618. The topological polar surface area (TPSA) is 63.8 Å². The zero-order valence-electron chi connectivity index (χ0n) is 9.14. The molecule has 0 aliphatic carbocycles. The van der Waals surface area contributed by atoms with E-state index in [1.54, 1.807) is 11.8 Å². The highest BCUT2D eigenvalue weighted by Gasteiger charge is 2.05. The Morgan fingerprint density at radius 2 is 2.06 bits per heavy atom. The summed E-state index contributed by atoms with van der Waals surface area (Å²) in [5, 5.41) is 0.859. The molecule has 0 saturated carbocycles. The first-order chi connectivity index (χ1) is 8.19. The van der Waals surface area contributed by atoms with E-state index in [9.17, 15) is 0 Å². The van der Waals surface area contributed by atoms with Crippen LogP contribution in [0.1, 0.15) is 5.82 Å². The summed E-state index contributed by atoms with van der Waals surface area (Å²) in [4.78, 5) is 9.60. The van der Waals surface area contributed by atoms with Crippen LogP contribution in [0.3, 0.4) is 0 Å². The van der Waals surface area contributed by atoms with E-state index in [4.69, 9.17) is 5.84 Å². The molecule has 0 aliphatic heterocycles. The monoisotopic (exact) mass is 310 g/mol. The van der Waals surface area contributed by atoms with Crippen molar-refractivity contribution in [2.75, 3.05) is 5.43 Å². The highest BCUT2D eigenvalue weighted by atomic mass is 79.9. The van der Waals surface area contributed by atoms with Crippen LogP contribution in [-0.2, 0) is 0 Å². The van der Waals surface area contributed by atoms with Crippen LogP contribution in [0.25, 0.3) is 0 Å². The lowest BCUT2D eigenvalue weighted by Crippen LogP contribution is -2.09. The molecule has 4 nitrogen and oxygen atoms in total. The third-order valence-corrected chi connectivity index (χ3v) is 3.96. The molecule has 0 saturated heterocycles. The van der Waals surface area contributed by atoms with Gasteiger partial charge in [0.2, 0.25) is 0 Å². The molecule has 6 heteroatoms. The molecule has 0 fully saturated rings. The summed E-state index contributed by atoms with van der Waals surface area (Å²) in [6.45, 7) is 1.84. The van der Waals surface area contributed by atoms with Gasteiger partial charge in [-0.3, -0.25) is 0 Å². The standard InChI is InChI=1S/C11H11BrN4S/c1-7-14-10(16-13)6-11(15-7)17-9-5-3-2-4-8(9)12/h2-6H,13H2,1H3,(H,14,15,16). The molecule has 3 N–H and O–H groups in total. The lowest BCUT2D eigenvalue weighted by molar-refractivity contribution is 0.963. The second kappa shape index (κ2) is 5.48. The van der Waals surface area contributed by atoms with Crippen LogP contribution in [0.2, 0.25) is 0 Å². The minimum Gasteiger partial charge on any atom is -0.308 e. The highest BCUT2D eigenvalue weighted by molar-refractivity contribution is 9.10. The smallest absolute Gasteiger partial charge is 0.144 e. The molecule has 0 spiro atoms. The quantitative estimate of drug-likeness (QED) is 0.518. The molecule has 1 aromatic carbocycles.